The van der Waals surface area contributed by atoms with Crippen molar-refractivity contribution in [3.05, 3.63) is 47.2 Å². The fraction of sp³-hybridized carbons (Fsp3) is 0.444. The van der Waals surface area contributed by atoms with Crippen LogP contribution in [0.3, 0.4) is 0 Å². The lowest BCUT2D eigenvalue weighted by Crippen LogP contribution is -2.41. The molecule has 3 rings (SSSR count). The van der Waals surface area contributed by atoms with Crippen molar-refractivity contribution in [2.24, 2.45) is 12.0 Å². The monoisotopic (exact) mass is 489 g/mol. The zero-order valence-corrected chi connectivity index (χ0v) is 18.1. The van der Waals surface area contributed by atoms with Gasteiger partial charge in [0.15, 0.2) is 5.96 Å². The lowest BCUT2D eigenvalue weighted by atomic mass is 10.0. The Bertz CT molecular complexity index is 736. The summed E-state index contributed by atoms with van der Waals surface area (Å²) >= 11 is 5.95. The number of likely N-dealkylation sites (tertiary alicyclic amines) is 1. The number of nitrogens with zero attached hydrogens (tertiary/aromatic N) is 4. The van der Waals surface area contributed by atoms with Crippen LogP contribution in [-0.4, -0.2) is 53.9 Å². The maximum absolute atomic E-state index is 5.95. The Kier molecular flexibility index (Phi) is 8.02. The van der Waals surface area contributed by atoms with Gasteiger partial charge in [-0.3, -0.25) is 9.67 Å². The summed E-state index contributed by atoms with van der Waals surface area (Å²) in [5.74, 6) is 2.21. The number of halogens is 2. The molecule has 1 atom stereocenters. The van der Waals surface area contributed by atoms with E-state index in [9.17, 15) is 0 Å². The van der Waals surface area contributed by atoms with Crippen molar-refractivity contribution in [3.8, 4) is 5.75 Å². The lowest BCUT2D eigenvalue weighted by Gasteiger charge is -2.21. The molecule has 0 radical (unpaired) electrons. The topological polar surface area (TPSA) is 54.7 Å². The Labute approximate surface area is 176 Å². The second-order valence-corrected chi connectivity index (χ2v) is 6.60. The van der Waals surface area contributed by atoms with Crippen LogP contribution in [0.2, 0.25) is 5.02 Å². The Morgan fingerprint density at radius 3 is 3.00 bits per heavy atom. The highest BCUT2D eigenvalue weighted by atomic mass is 127. The summed E-state index contributed by atoms with van der Waals surface area (Å²) in [6, 6.07) is 7.43. The van der Waals surface area contributed by atoms with Crippen LogP contribution in [-0.2, 0) is 7.05 Å². The maximum atomic E-state index is 5.95. The highest BCUT2D eigenvalue weighted by Gasteiger charge is 2.26. The van der Waals surface area contributed by atoms with Crippen molar-refractivity contribution in [2.75, 3.05) is 33.3 Å². The number of aliphatic imine (C=N–C) groups is 1. The van der Waals surface area contributed by atoms with Gasteiger partial charge in [-0.1, -0.05) is 17.7 Å². The van der Waals surface area contributed by atoms with Crippen LogP contribution in [0.15, 0.2) is 41.7 Å². The lowest BCUT2D eigenvalue weighted by molar-refractivity contribution is 0.319. The molecule has 1 aliphatic rings. The van der Waals surface area contributed by atoms with Gasteiger partial charge in [-0.25, -0.2) is 0 Å². The average Bonchev–Trinajstić information content (AvgIpc) is 3.24. The number of hydrogen-bond acceptors (Lipinski definition) is 3. The second kappa shape index (κ2) is 10.0. The van der Waals surface area contributed by atoms with Crippen LogP contribution in [0.1, 0.15) is 17.9 Å². The number of benzene rings is 1. The predicted octanol–water partition coefficient (Wildman–Crippen LogP) is 3.14. The van der Waals surface area contributed by atoms with E-state index < -0.39 is 0 Å². The van der Waals surface area contributed by atoms with E-state index in [4.69, 9.17) is 16.3 Å². The van der Waals surface area contributed by atoms with E-state index in [2.05, 4.69) is 26.5 Å². The first kappa shape index (κ1) is 20.8. The first-order valence-electron chi connectivity index (χ1n) is 8.48. The molecule has 26 heavy (non-hydrogen) atoms. The molecular formula is C18H25ClIN5O. The van der Waals surface area contributed by atoms with Crippen molar-refractivity contribution in [1.82, 2.24) is 20.0 Å². The SMILES string of the molecule is CN=C(NCCOc1cccc(Cl)c1)N1CCC(c2cnn(C)c2)C1.I. The van der Waals surface area contributed by atoms with Crippen molar-refractivity contribution in [2.45, 2.75) is 12.3 Å². The first-order valence-corrected chi connectivity index (χ1v) is 8.86. The minimum Gasteiger partial charge on any atom is -0.492 e. The fourth-order valence-corrected chi connectivity index (χ4v) is 3.28. The minimum atomic E-state index is 0. The Hall–Kier alpha value is -1.48. The average molecular weight is 490 g/mol. The molecule has 1 saturated heterocycles. The van der Waals surface area contributed by atoms with Crippen LogP contribution >= 0.6 is 35.6 Å². The van der Waals surface area contributed by atoms with E-state index >= 15 is 0 Å². The van der Waals surface area contributed by atoms with Gasteiger partial charge >= 0.3 is 0 Å². The van der Waals surface area contributed by atoms with Gasteiger partial charge in [-0.05, 0) is 30.2 Å². The number of ether oxygens (including phenoxy) is 1. The standard InChI is InChI=1S/C18H24ClN5O.HI/c1-20-18(21-7-9-25-17-5-3-4-16(19)10-17)24-8-6-14(13-24)15-11-22-23(2)12-15;/h3-5,10-12,14H,6-9,13H2,1-2H3,(H,20,21);1H. The van der Waals surface area contributed by atoms with Crippen molar-refractivity contribution in [3.63, 3.8) is 0 Å². The summed E-state index contributed by atoms with van der Waals surface area (Å²) < 4.78 is 7.57. The normalized spacial score (nSPS) is 17.1. The molecule has 1 aromatic carbocycles. The second-order valence-electron chi connectivity index (χ2n) is 6.16. The van der Waals surface area contributed by atoms with E-state index in [0.717, 1.165) is 31.2 Å². The van der Waals surface area contributed by atoms with E-state index in [1.807, 2.05) is 49.2 Å². The molecule has 0 bridgehead atoms. The van der Waals surface area contributed by atoms with Gasteiger partial charge in [0.25, 0.3) is 0 Å². The van der Waals surface area contributed by atoms with E-state index in [-0.39, 0.29) is 24.0 Å². The molecular weight excluding hydrogens is 465 g/mol. The first-order chi connectivity index (χ1) is 12.2. The van der Waals surface area contributed by atoms with Crippen LogP contribution < -0.4 is 10.1 Å². The molecule has 6 nitrogen and oxygen atoms in total. The molecule has 0 aliphatic carbocycles. The van der Waals surface area contributed by atoms with Gasteiger partial charge in [-0.2, -0.15) is 5.10 Å². The number of hydrogen-bond donors (Lipinski definition) is 1. The number of guanidine groups is 1. The zero-order chi connectivity index (χ0) is 17.6. The summed E-state index contributed by atoms with van der Waals surface area (Å²) in [6.45, 7) is 3.20. The van der Waals surface area contributed by atoms with Gasteiger partial charge in [0.05, 0.1) is 12.7 Å². The van der Waals surface area contributed by atoms with Gasteiger partial charge in [0.2, 0.25) is 0 Å². The predicted molar refractivity (Wildman–Crippen MR) is 116 cm³/mol. The summed E-state index contributed by atoms with van der Waals surface area (Å²) in [4.78, 5) is 6.68. The number of nitrogens with one attached hydrogen (secondary N) is 1. The van der Waals surface area contributed by atoms with E-state index in [1.165, 1.54) is 5.56 Å². The fourth-order valence-electron chi connectivity index (χ4n) is 3.10. The van der Waals surface area contributed by atoms with Crippen LogP contribution in [0.25, 0.3) is 0 Å². The molecule has 0 saturated carbocycles. The highest BCUT2D eigenvalue weighted by molar-refractivity contribution is 14.0. The summed E-state index contributed by atoms with van der Waals surface area (Å²) in [6.07, 6.45) is 5.18. The number of rotatable bonds is 5. The Morgan fingerprint density at radius 2 is 2.31 bits per heavy atom. The molecule has 1 aromatic heterocycles. The van der Waals surface area contributed by atoms with Crippen molar-refractivity contribution in [1.29, 1.82) is 0 Å². The zero-order valence-electron chi connectivity index (χ0n) is 15.1. The van der Waals surface area contributed by atoms with Crippen LogP contribution in [0, 0.1) is 0 Å². The van der Waals surface area contributed by atoms with Crippen molar-refractivity contribution < 1.29 is 4.74 Å². The molecule has 1 fully saturated rings. The summed E-state index contributed by atoms with van der Waals surface area (Å²) in [5.41, 5.74) is 1.30. The number of aromatic nitrogens is 2. The Balaban J connectivity index is 0.00000243. The third kappa shape index (κ3) is 5.51. The van der Waals surface area contributed by atoms with Gasteiger partial charge in [0.1, 0.15) is 12.4 Å². The molecule has 1 aliphatic heterocycles. The number of aryl methyl sites for hydroxylation is 1. The molecule has 0 spiro atoms. The molecule has 1 N–H and O–H groups in total. The third-order valence-electron chi connectivity index (χ3n) is 4.35. The molecule has 142 valence electrons. The highest BCUT2D eigenvalue weighted by Crippen LogP contribution is 2.26. The molecule has 8 heteroatoms. The summed E-state index contributed by atoms with van der Waals surface area (Å²) in [5, 5.41) is 8.32. The molecule has 1 unspecified atom stereocenters. The largest absolute Gasteiger partial charge is 0.492 e. The minimum absolute atomic E-state index is 0. The van der Waals surface area contributed by atoms with Crippen LogP contribution in [0.4, 0.5) is 0 Å². The molecule has 2 heterocycles. The quantitative estimate of drug-likeness (QED) is 0.303. The van der Waals surface area contributed by atoms with E-state index in [1.54, 1.807) is 0 Å². The van der Waals surface area contributed by atoms with Gasteiger partial charge < -0.3 is 15.0 Å². The van der Waals surface area contributed by atoms with Gasteiger partial charge in [0, 0.05) is 44.3 Å². The smallest absolute Gasteiger partial charge is 0.193 e. The van der Waals surface area contributed by atoms with E-state index in [0.29, 0.717) is 24.1 Å². The maximum Gasteiger partial charge on any atom is 0.193 e. The molecule has 2 aromatic rings. The van der Waals surface area contributed by atoms with Crippen molar-refractivity contribution >= 4 is 41.5 Å². The third-order valence-corrected chi connectivity index (χ3v) is 4.58. The Morgan fingerprint density at radius 1 is 1.46 bits per heavy atom. The summed E-state index contributed by atoms with van der Waals surface area (Å²) in [7, 11) is 3.77. The van der Waals surface area contributed by atoms with Gasteiger partial charge in [-0.15, -0.1) is 24.0 Å². The molecule has 0 amide bonds. The van der Waals surface area contributed by atoms with Crippen LogP contribution in [0.5, 0.6) is 5.75 Å².